The second kappa shape index (κ2) is 11.0. The quantitative estimate of drug-likeness (QED) is 0.182. The Morgan fingerprint density at radius 2 is 1.04 bits per heavy atom. The van der Waals surface area contributed by atoms with Gasteiger partial charge in [-0.05, 0) is 98.9 Å². The number of anilines is 3. The van der Waals surface area contributed by atoms with E-state index in [-0.39, 0.29) is 0 Å². The molecule has 0 aliphatic rings. The van der Waals surface area contributed by atoms with Crippen molar-refractivity contribution in [3.05, 3.63) is 175 Å². The van der Waals surface area contributed by atoms with Crippen molar-refractivity contribution in [3.63, 3.8) is 0 Å². The Morgan fingerprint density at radius 1 is 0.404 bits per heavy atom. The minimum absolute atomic E-state index is 0.907. The van der Waals surface area contributed by atoms with Crippen molar-refractivity contribution < 1.29 is 4.42 Å². The molecule has 47 heavy (non-hydrogen) atoms. The summed E-state index contributed by atoms with van der Waals surface area (Å²) in [5.74, 6) is 0.907. The van der Waals surface area contributed by atoms with E-state index in [4.69, 9.17) is 4.42 Å². The molecule has 0 fully saturated rings. The maximum absolute atomic E-state index is 6.40. The van der Waals surface area contributed by atoms with Gasteiger partial charge in [0, 0.05) is 33.6 Å². The van der Waals surface area contributed by atoms with Crippen molar-refractivity contribution >= 4 is 60.3 Å². The van der Waals surface area contributed by atoms with E-state index in [0.29, 0.717) is 0 Å². The van der Waals surface area contributed by atoms with Gasteiger partial charge in [-0.1, -0.05) is 121 Å². The molecule has 0 aliphatic heterocycles. The fourth-order valence-corrected chi connectivity index (χ4v) is 7.08. The summed E-state index contributed by atoms with van der Waals surface area (Å²) in [5, 5.41) is 8.65. The van der Waals surface area contributed by atoms with E-state index in [1.807, 2.05) is 12.1 Å². The summed E-state index contributed by atoms with van der Waals surface area (Å²) in [6.45, 7) is 2.14. The molecule has 0 bridgehead atoms. The van der Waals surface area contributed by atoms with Crippen LogP contribution in [-0.4, -0.2) is 0 Å². The fraction of sp³-hybridized carbons (Fsp3) is 0.0222. The lowest BCUT2D eigenvalue weighted by molar-refractivity contribution is 0.629. The molecule has 9 rings (SSSR count). The molecule has 1 heterocycles. The average Bonchev–Trinajstić information content (AvgIpc) is 3.48. The Morgan fingerprint density at radius 3 is 1.85 bits per heavy atom. The standard InChI is InChI=1S/C45H31NO/c1-30-39-16-8-9-20-44(39)47-45(30)35-14-10-15-37(28-35)46(38-26-21-31-11-2-3-12-33(31)27-38)36-24-22-32(23-25-36)43-29-34-13-4-5-17-40(34)41-18-6-7-19-42(41)43/h2-29H,1H3. The molecule has 0 saturated heterocycles. The lowest BCUT2D eigenvalue weighted by Gasteiger charge is -2.26. The molecule has 0 aliphatic carbocycles. The molecule has 0 saturated carbocycles. The molecule has 0 unspecified atom stereocenters. The van der Waals surface area contributed by atoms with Gasteiger partial charge in [0.15, 0.2) is 0 Å². The van der Waals surface area contributed by atoms with E-state index < -0.39 is 0 Å². The van der Waals surface area contributed by atoms with Gasteiger partial charge in [-0.25, -0.2) is 0 Å². The van der Waals surface area contributed by atoms with Crippen LogP contribution in [-0.2, 0) is 0 Å². The van der Waals surface area contributed by atoms with Crippen molar-refractivity contribution in [2.45, 2.75) is 6.92 Å². The lowest BCUT2D eigenvalue weighted by Crippen LogP contribution is -2.10. The minimum Gasteiger partial charge on any atom is -0.456 e. The van der Waals surface area contributed by atoms with Crippen LogP contribution in [0.1, 0.15) is 5.56 Å². The summed E-state index contributed by atoms with van der Waals surface area (Å²) in [6.07, 6.45) is 0. The van der Waals surface area contributed by atoms with Crippen molar-refractivity contribution in [1.82, 2.24) is 0 Å². The normalized spacial score (nSPS) is 11.5. The molecule has 0 amide bonds. The Kier molecular flexibility index (Phi) is 6.39. The van der Waals surface area contributed by atoms with E-state index in [1.54, 1.807) is 0 Å². The van der Waals surface area contributed by atoms with Gasteiger partial charge < -0.3 is 9.32 Å². The van der Waals surface area contributed by atoms with E-state index in [2.05, 4.69) is 170 Å². The number of hydrogen-bond acceptors (Lipinski definition) is 2. The zero-order chi connectivity index (χ0) is 31.3. The number of hydrogen-bond donors (Lipinski definition) is 0. The summed E-state index contributed by atoms with van der Waals surface area (Å²) < 4.78 is 6.40. The van der Waals surface area contributed by atoms with E-state index in [9.17, 15) is 0 Å². The molecule has 222 valence electrons. The van der Waals surface area contributed by atoms with Crippen molar-refractivity contribution in [3.8, 4) is 22.5 Å². The number of rotatable bonds is 5. The highest BCUT2D eigenvalue weighted by Crippen LogP contribution is 2.41. The lowest BCUT2D eigenvalue weighted by atomic mass is 9.93. The Bertz CT molecular complexity index is 2590. The summed E-state index contributed by atoms with van der Waals surface area (Å²) >= 11 is 0. The van der Waals surface area contributed by atoms with Gasteiger partial charge >= 0.3 is 0 Å². The monoisotopic (exact) mass is 601 g/mol. The first-order valence-corrected chi connectivity index (χ1v) is 16.1. The number of benzene rings is 8. The van der Waals surface area contributed by atoms with Gasteiger partial charge in [-0.2, -0.15) is 0 Å². The molecule has 2 nitrogen and oxygen atoms in total. The topological polar surface area (TPSA) is 16.4 Å². The van der Waals surface area contributed by atoms with E-state index in [0.717, 1.165) is 44.9 Å². The summed E-state index contributed by atoms with van der Waals surface area (Å²) in [4.78, 5) is 2.34. The molecule has 1 aromatic heterocycles. The molecular weight excluding hydrogens is 571 g/mol. The van der Waals surface area contributed by atoms with Crippen LogP contribution < -0.4 is 4.90 Å². The van der Waals surface area contributed by atoms with Crippen LogP contribution in [0.3, 0.4) is 0 Å². The maximum Gasteiger partial charge on any atom is 0.138 e. The predicted molar refractivity (Wildman–Crippen MR) is 199 cm³/mol. The van der Waals surface area contributed by atoms with Gasteiger partial charge in [0.2, 0.25) is 0 Å². The molecule has 0 radical (unpaired) electrons. The zero-order valence-electron chi connectivity index (χ0n) is 26.0. The smallest absolute Gasteiger partial charge is 0.138 e. The van der Waals surface area contributed by atoms with Crippen LogP contribution in [0.15, 0.2) is 174 Å². The summed E-state index contributed by atoms with van der Waals surface area (Å²) in [6, 6.07) is 60.9. The third-order valence-corrected chi connectivity index (χ3v) is 9.41. The number of nitrogens with zero attached hydrogens (tertiary/aromatic N) is 1. The van der Waals surface area contributed by atoms with Crippen LogP contribution in [0.5, 0.6) is 0 Å². The first kappa shape index (κ1) is 27.2. The third kappa shape index (κ3) is 4.65. The number of furan rings is 1. The maximum atomic E-state index is 6.40. The largest absolute Gasteiger partial charge is 0.456 e. The first-order valence-electron chi connectivity index (χ1n) is 16.1. The fourth-order valence-electron chi connectivity index (χ4n) is 7.08. The molecule has 0 N–H and O–H groups in total. The molecular formula is C45H31NO. The van der Waals surface area contributed by atoms with Gasteiger partial charge in [-0.3, -0.25) is 0 Å². The van der Waals surface area contributed by atoms with Crippen LogP contribution >= 0.6 is 0 Å². The van der Waals surface area contributed by atoms with E-state index in [1.165, 1.54) is 43.4 Å². The van der Waals surface area contributed by atoms with Gasteiger partial charge in [0.25, 0.3) is 0 Å². The highest BCUT2D eigenvalue weighted by atomic mass is 16.3. The molecule has 2 heteroatoms. The second-order valence-electron chi connectivity index (χ2n) is 12.2. The Balaban J connectivity index is 1.19. The SMILES string of the molecule is Cc1c(-c2cccc(N(c3ccc(-c4cc5ccccc5c5ccccc45)cc3)c3ccc4ccccc4c3)c2)oc2ccccc12. The zero-order valence-corrected chi connectivity index (χ0v) is 26.0. The average molecular weight is 602 g/mol. The predicted octanol–water partition coefficient (Wildman–Crippen LogP) is 13.0. The van der Waals surface area contributed by atoms with E-state index >= 15 is 0 Å². The summed E-state index contributed by atoms with van der Waals surface area (Å²) in [5.41, 5.74) is 8.82. The van der Waals surface area contributed by atoms with Crippen LogP contribution in [0.25, 0.3) is 65.7 Å². The minimum atomic E-state index is 0.907. The number of aryl methyl sites for hydroxylation is 1. The van der Waals surface area contributed by atoms with Crippen LogP contribution in [0, 0.1) is 6.92 Å². The molecule has 0 atom stereocenters. The first-order chi connectivity index (χ1) is 23.2. The van der Waals surface area contributed by atoms with Crippen molar-refractivity contribution in [2.75, 3.05) is 4.90 Å². The van der Waals surface area contributed by atoms with Gasteiger partial charge in [0.1, 0.15) is 11.3 Å². The number of fused-ring (bicyclic) bond motifs is 5. The summed E-state index contributed by atoms with van der Waals surface area (Å²) in [7, 11) is 0. The Hall–Kier alpha value is -6.12. The van der Waals surface area contributed by atoms with Crippen LogP contribution in [0.2, 0.25) is 0 Å². The van der Waals surface area contributed by atoms with Crippen molar-refractivity contribution in [1.29, 1.82) is 0 Å². The third-order valence-electron chi connectivity index (χ3n) is 9.41. The van der Waals surface area contributed by atoms with Gasteiger partial charge in [-0.15, -0.1) is 0 Å². The van der Waals surface area contributed by atoms with Crippen molar-refractivity contribution in [2.24, 2.45) is 0 Å². The number of para-hydroxylation sites is 1. The highest BCUT2D eigenvalue weighted by molar-refractivity contribution is 6.13. The molecule has 0 spiro atoms. The Labute approximate surface area is 273 Å². The highest BCUT2D eigenvalue weighted by Gasteiger charge is 2.18. The second-order valence-corrected chi connectivity index (χ2v) is 12.2. The molecule has 8 aromatic carbocycles. The van der Waals surface area contributed by atoms with Crippen LogP contribution in [0.4, 0.5) is 17.1 Å². The van der Waals surface area contributed by atoms with Gasteiger partial charge in [0.05, 0.1) is 0 Å². The molecule has 9 aromatic rings.